The van der Waals surface area contributed by atoms with Crippen molar-refractivity contribution in [3.8, 4) is 0 Å². The van der Waals surface area contributed by atoms with Crippen molar-refractivity contribution in [2.45, 2.75) is 33.2 Å². The Morgan fingerprint density at radius 3 is 2.94 bits per heavy atom. The van der Waals surface area contributed by atoms with Crippen molar-refractivity contribution >= 4 is 5.78 Å². The molecule has 0 saturated heterocycles. The van der Waals surface area contributed by atoms with Crippen molar-refractivity contribution in [2.24, 2.45) is 0 Å². The molecule has 0 saturated carbocycles. The summed E-state index contributed by atoms with van der Waals surface area (Å²) < 4.78 is 1.94. The number of imidazole rings is 1. The fraction of sp³-hybridized carbons (Fsp3) is 0.333. The van der Waals surface area contributed by atoms with E-state index in [-0.39, 0.29) is 5.78 Å². The average molecular weight is 242 g/mol. The van der Waals surface area contributed by atoms with Gasteiger partial charge in [-0.15, -0.1) is 0 Å². The van der Waals surface area contributed by atoms with Crippen LogP contribution in [-0.4, -0.2) is 15.3 Å². The second-order valence-corrected chi connectivity index (χ2v) is 4.51. The lowest BCUT2D eigenvalue weighted by Gasteiger charge is -2.07. The van der Waals surface area contributed by atoms with Crippen LogP contribution in [0, 0.1) is 6.92 Å². The Balaban J connectivity index is 2.14. The van der Waals surface area contributed by atoms with Gasteiger partial charge in [-0.25, -0.2) is 4.98 Å². The largest absolute Gasteiger partial charge is 0.327 e. The summed E-state index contributed by atoms with van der Waals surface area (Å²) in [4.78, 5) is 16.5. The Kier molecular flexibility index (Phi) is 3.92. The normalized spacial score (nSPS) is 10.6. The second kappa shape index (κ2) is 5.63. The van der Waals surface area contributed by atoms with Gasteiger partial charge in [0.1, 0.15) is 5.82 Å². The zero-order valence-electron chi connectivity index (χ0n) is 10.9. The van der Waals surface area contributed by atoms with Crippen molar-refractivity contribution in [3.63, 3.8) is 0 Å². The van der Waals surface area contributed by atoms with E-state index >= 15 is 0 Å². The summed E-state index contributed by atoms with van der Waals surface area (Å²) in [5, 5.41) is 0. The number of aromatic nitrogens is 2. The molecule has 0 amide bonds. The van der Waals surface area contributed by atoms with E-state index in [1.54, 1.807) is 6.20 Å². The maximum absolute atomic E-state index is 12.2. The van der Waals surface area contributed by atoms with E-state index in [0.29, 0.717) is 6.54 Å². The van der Waals surface area contributed by atoms with E-state index < -0.39 is 0 Å². The fourth-order valence-electron chi connectivity index (χ4n) is 2.00. The van der Waals surface area contributed by atoms with Gasteiger partial charge in [0, 0.05) is 24.4 Å². The fourth-order valence-corrected chi connectivity index (χ4v) is 2.00. The summed E-state index contributed by atoms with van der Waals surface area (Å²) in [5.74, 6) is 1.12. The molecule has 1 aromatic carbocycles. The highest BCUT2D eigenvalue weighted by molar-refractivity contribution is 5.96. The first-order valence-corrected chi connectivity index (χ1v) is 6.30. The van der Waals surface area contributed by atoms with Crippen LogP contribution in [0.15, 0.2) is 36.7 Å². The van der Waals surface area contributed by atoms with Crippen molar-refractivity contribution in [2.75, 3.05) is 0 Å². The van der Waals surface area contributed by atoms with Gasteiger partial charge in [-0.1, -0.05) is 30.7 Å². The zero-order valence-corrected chi connectivity index (χ0v) is 10.9. The van der Waals surface area contributed by atoms with E-state index in [1.807, 2.05) is 42.0 Å². The SMILES string of the molecule is CCCc1nccn1CC(=O)c1cccc(C)c1. The number of Topliss-reactive ketones (excluding diaryl/α,β-unsaturated/α-hetero) is 1. The molecule has 0 aliphatic carbocycles. The molecular weight excluding hydrogens is 224 g/mol. The van der Waals surface area contributed by atoms with Crippen molar-refractivity contribution in [3.05, 3.63) is 53.6 Å². The number of rotatable bonds is 5. The molecule has 1 heterocycles. The minimum atomic E-state index is 0.133. The molecule has 3 nitrogen and oxygen atoms in total. The van der Waals surface area contributed by atoms with Gasteiger partial charge in [-0.05, 0) is 19.4 Å². The number of ketones is 1. The third-order valence-corrected chi connectivity index (χ3v) is 2.93. The summed E-state index contributed by atoms with van der Waals surface area (Å²) in [6.07, 6.45) is 5.58. The number of aryl methyl sites for hydroxylation is 2. The van der Waals surface area contributed by atoms with Gasteiger partial charge in [-0.2, -0.15) is 0 Å². The monoisotopic (exact) mass is 242 g/mol. The highest BCUT2D eigenvalue weighted by Gasteiger charge is 2.09. The molecule has 1 aromatic heterocycles. The molecule has 0 aliphatic heterocycles. The van der Waals surface area contributed by atoms with Crippen LogP contribution in [0.1, 0.15) is 35.1 Å². The smallest absolute Gasteiger partial charge is 0.182 e. The van der Waals surface area contributed by atoms with Gasteiger partial charge >= 0.3 is 0 Å². The summed E-state index contributed by atoms with van der Waals surface area (Å²) in [7, 11) is 0. The average Bonchev–Trinajstić information content (AvgIpc) is 2.77. The number of benzene rings is 1. The molecule has 2 rings (SSSR count). The molecule has 0 atom stereocenters. The standard InChI is InChI=1S/C15H18N2O/c1-3-5-15-16-8-9-17(15)11-14(18)13-7-4-6-12(2)10-13/h4,6-10H,3,5,11H2,1-2H3. The highest BCUT2D eigenvalue weighted by atomic mass is 16.1. The van der Waals surface area contributed by atoms with E-state index in [0.717, 1.165) is 29.8 Å². The van der Waals surface area contributed by atoms with Gasteiger partial charge < -0.3 is 4.57 Å². The first-order valence-electron chi connectivity index (χ1n) is 6.30. The minimum absolute atomic E-state index is 0.133. The number of hydrogen-bond acceptors (Lipinski definition) is 2. The van der Waals surface area contributed by atoms with E-state index in [1.165, 1.54) is 0 Å². The lowest BCUT2D eigenvalue weighted by Crippen LogP contribution is -2.12. The van der Waals surface area contributed by atoms with Crippen LogP contribution in [0.2, 0.25) is 0 Å². The van der Waals surface area contributed by atoms with Crippen molar-refractivity contribution in [1.29, 1.82) is 0 Å². The molecule has 0 N–H and O–H groups in total. The molecule has 0 bridgehead atoms. The lowest BCUT2D eigenvalue weighted by atomic mass is 10.1. The van der Waals surface area contributed by atoms with Crippen LogP contribution >= 0.6 is 0 Å². The molecule has 0 radical (unpaired) electrons. The maximum Gasteiger partial charge on any atom is 0.182 e. The first-order chi connectivity index (χ1) is 8.70. The zero-order chi connectivity index (χ0) is 13.0. The van der Waals surface area contributed by atoms with Crippen LogP contribution in [0.3, 0.4) is 0 Å². The van der Waals surface area contributed by atoms with Gasteiger partial charge in [0.05, 0.1) is 6.54 Å². The van der Waals surface area contributed by atoms with Crippen LogP contribution in [0.4, 0.5) is 0 Å². The summed E-state index contributed by atoms with van der Waals surface area (Å²) in [6, 6.07) is 7.71. The Bertz CT molecular complexity index is 543. The van der Waals surface area contributed by atoms with Crippen molar-refractivity contribution in [1.82, 2.24) is 9.55 Å². The van der Waals surface area contributed by atoms with Gasteiger partial charge in [-0.3, -0.25) is 4.79 Å². The van der Waals surface area contributed by atoms with E-state index in [2.05, 4.69) is 11.9 Å². The topological polar surface area (TPSA) is 34.9 Å². The van der Waals surface area contributed by atoms with Crippen LogP contribution in [0.5, 0.6) is 0 Å². The van der Waals surface area contributed by atoms with Gasteiger partial charge in [0.15, 0.2) is 5.78 Å². The van der Waals surface area contributed by atoms with Crippen LogP contribution in [0.25, 0.3) is 0 Å². The molecule has 0 unspecified atom stereocenters. The number of carbonyl (C=O) groups excluding carboxylic acids is 1. The molecular formula is C15H18N2O. The molecule has 2 aromatic rings. The van der Waals surface area contributed by atoms with E-state index in [4.69, 9.17) is 0 Å². The Morgan fingerprint density at radius 2 is 2.22 bits per heavy atom. The molecule has 18 heavy (non-hydrogen) atoms. The first kappa shape index (κ1) is 12.6. The number of nitrogens with zero attached hydrogens (tertiary/aromatic N) is 2. The Labute approximate surface area is 107 Å². The Morgan fingerprint density at radius 1 is 1.39 bits per heavy atom. The summed E-state index contributed by atoms with van der Waals surface area (Å²) in [6.45, 7) is 4.48. The molecule has 94 valence electrons. The minimum Gasteiger partial charge on any atom is -0.327 e. The third-order valence-electron chi connectivity index (χ3n) is 2.93. The van der Waals surface area contributed by atoms with Crippen LogP contribution < -0.4 is 0 Å². The van der Waals surface area contributed by atoms with Crippen molar-refractivity contribution < 1.29 is 4.79 Å². The van der Waals surface area contributed by atoms with E-state index in [9.17, 15) is 4.79 Å². The number of hydrogen-bond donors (Lipinski definition) is 0. The predicted octanol–water partition coefficient (Wildman–Crippen LogP) is 3.03. The highest BCUT2D eigenvalue weighted by Crippen LogP contribution is 2.08. The molecule has 3 heteroatoms. The summed E-state index contributed by atoms with van der Waals surface area (Å²) in [5.41, 5.74) is 1.88. The number of carbonyl (C=O) groups is 1. The predicted molar refractivity (Wildman–Crippen MR) is 71.7 cm³/mol. The summed E-state index contributed by atoms with van der Waals surface area (Å²) >= 11 is 0. The second-order valence-electron chi connectivity index (χ2n) is 4.51. The molecule has 0 aliphatic rings. The molecule has 0 fully saturated rings. The third kappa shape index (κ3) is 2.86. The lowest BCUT2D eigenvalue weighted by molar-refractivity contribution is 0.0971. The van der Waals surface area contributed by atoms with Gasteiger partial charge in [0.2, 0.25) is 0 Å². The maximum atomic E-state index is 12.2. The van der Waals surface area contributed by atoms with Crippen LogP contribution in [-0.2, 0) is 13.0 Å². The molecule has 0 spiro atoms. The quantitative estimate of drug-likeness (QED) is 0.755. The van der Waals surface area contributed by atoms with Gasteiger partial charge in [0.25, 0.3) is 0 Å². The Hall–Kier alpha value is -1.90.